The number of aromatic carboxylic acids is 1. The molecule has 0 unspecified atom stereocenters. The second kappa shape index (κ2) is 7.55. The molecule has 10 heteroatoms. The highest BCUT2D eigenvalue weighted by Crippen LogP contribution is 2.36. The highest BCUT2D eigenvalue weighted by atomic mass is 32.2. The van der Waals surface area contributed by atoms with Gasteiger partial charge in [0.1, 0.15) is 11.5 Å². The van der Waals surface area contributed by atoms with Crippen molar-refractivity contribution in [3.05, 3.63) is 29.3 Å². The van der Waals surface area contributed by atoms with Crippen molar-refractivity contribution in [3.63, 3.8) is 0 Å². The number of ketones is 1. The lowest BCUT2D eigenvalue weighted by molar-refractivity contribution is -0.118. The number of sulfonamides is 1. The summed E-state index contributed by atoms with van der Waals surface area (Å²) in [7, 11) is -1.98. The lowest BCUT2D eigenvalue weighted by Crippen LogP contribution is -2.36. The SMILES string of the molecule is CN(C)S(=O)(=O)CCC(=O)C[C@H]1Cc2cccc(C(=O)O)c2OB1O. The third kappa shape index (κ3) is 4.59. The van der Waals surface area contributed by atoms with Crippen molar-refractivity contribution in [3.8, 4) is 5.75 Å². The van der Waals surface area contributed by atoms with E-state index in [2.05, 4.69) is 0 Å². The molecule has 0 amide bonds. The summed E-state index contributed by atoms with van der Waals surface area (Å²) in [5.41, 5.74) is 0.558. The molecule has 1 aromatic carbocycles. The molecule has 0 spiro atoms. The van der Waals surface area contributed by atoms with E-state index in [-0.39, 0.29) is 42.1 Å². The van der Waals surface area contributed by atoms with Gasteiger partial charge in [0, 0.05) is 32.8 Å². The Labute approximate surface area is 146 Å². The highest BCUT2D eigenvalue weighted by Gasteiger charge is 2.37. The minimum atomic E-state index is -3.46. The van der Waals surface area contributed by atoms with Gasteiger partial charge in [-0.05, 0) is 18.1 Å². The summed E-state index contributed by atoms with van der Waals surface area (Å²) in [6, 6.07) is 4.64. The summed E-state index contributed by atoms with van der Waals surface area (Å²) in [5, 5.41) is 19.2. The summed E-state index contributed by atoms with van der Waals surface area (Å²) in [6.45, 7) is 0. The number of carbonyl (C=O) groups is 2. The van der Waals surface area contributed by atoms with Crippen LogP contribution in [0.3, 0.4) is 0 Å². The zero-order valence-electron chi connectivity index (χ0n) is 14.0. The molecule has 0 aromatic heterocycles. The van der Waals surface area contributed by atoms with E-state index >= 15 is 0 Å². The van der Waals surface area contributed by atoms with E-state index in [1.165, 1.54) is 20.2 Å². The van der Waals surface area contributed by atoms with Crippen LogP contribution in [0.25, 0.3) is 0 Å². The molecule has 1 atom stereocenters. The van der Waals surface area contributed by atoms with Crippen LogP contribution in [-0.2, 0) is 21.2 Å². The summed E-state index contributed by atoms with van der Waals surface area (Å²) in [5.74, 6) is -2.18. The number of para-hydroxylation sites is 1. The van der Waals surface area contributed by atoms with Gasteiger partial charge in [-0.25, -0.2) is 17.5 Å². The number of hydrogen-bond acceptors (Lipinski definition) is 6. The molecule has 0 radical (unpaired) electrons. The van der Waals surface area contributed by atoms with Crippen LogP contribution in [0.2, 0.25) is 5.82 Å². The van der Waals surface area contributed by atoms with Gasteiger partial charge < -0.3 is 14.8 Å². The molecule has 8 nitrogen and oxygen atoms in total. The van der Waals surface area contributed by atoms with Crippen molar-refractivity contribution in [1.82, 2.24) is 4.31 Å². The van der Waals surface area contributed by atoms with E-state index < -0.39 is 28.9 Å². The third-order valence-electron chi connectivity index (χ3n) is 4.14. The van der Waals surface area contributed by atoms with E-state index in [1.807, 2.05) is 0 Å². The molecule has 0 bridgehead atoms. The molecule has 0 fully saturated rings. The largest absolute Gasteiger partial charge is 0.535 e. The van der Waals surface area contributed by atoms with E-state index in [4.69, 9.17) is 9.76 Å². The second-order valence-electron chi connectivity index (χ2n) is 6.16. The molecule has 0 aliphatic carbocycles. The molecule has 1 aromatic rings. The smallest absolute Gasteiger partial charge is 0.526 e. The normalized spacial score (nSPS) is 17.1. The van der Waals surface area contributed by atoms with Crippen LogP contribution in [0.1, 0.15) is 28.8 Å². The monoisotopic (exact) mass is 369 g/mol. The van der Waals surface area contributed by atoms with Gasteiger partial charge in [0.25, 0.3) is 0 Å². The fourth-order valence-corrected chi connectivity index (χ4v) is 3.50. The molecule has 0 saturated carbocycles. The molecule has 1 aliphatic rings. The van der Waals surface area contributed by atoms with Gasteiger partial charge in [0.2, 0.25) is 10.0 Å². The van der Waals surface area contributed by atoms with Crippen molar-refractivity contribution in [2.45, 2.75) is 25.1 Å². The fourth-order valence-electron chi connectivity index (χ4n) is 2.65. The average molecular weight is 369 g/mol. The Morgan fingerprint density at radius 1 is 1.36 bits per heavy atom. The molecule has 2 rings (SSSR count). The van der Waals surface area contributed by atoms with Gasteiger partial charge in [-0.2, -0.15) is 0 Å². The second-order valence-corrected chi connectivity index (χ2v) is 8.47. The Hall–Kier alpha value is -1.91. The van der Waals surface area contributed by atoms with Crippen molar-refractivity contribution in [2.24, 2.45) is 0 Å². The summed E-state index contributed by atoms with van der Waals surface area (Å²) in [4.78, 5) is 23.3. The minimum absolute atomic E-state index is 0.0408. The number of nitrogens with zero attached hydrogens (tertiary/aromatic N) is 1. The maximum Gasteiger partial charge on any atom is 0.526 e. The first kappa shape index (κ1) is 19.4. The number of carboxylic acids is 1. The van der Waals surface area contributed by atoms with Crippen LogP contribution in [-0.4, -0.2) is 61.6 Å². The van der Waals surface area contributed by atoms with Crippen LogP contribution < -0.4 is 4.65 Å². The van der Waals surface area contributed by atoms with Crippen molar-refractivity contribution >= 4 is 28.9 Å². The van der Waals surface area contributed by atoms with Crippen molar-refractivity contribution in [2.75, 3.05) is 19.8 Å². The Morgan fingerprint density at radius 3 is 2.64 bits per heavy atom. The first-order chi connectivity index (χ1) is 11.6. The molecule has 0 saturated heterocycles. The first-order valence-electron chi connectivity index (χ1n) is 7.73. The number of Topliss-reactive ketones (excluding diaryl/α,β-unsaturated/α-hetero) is 1. The summed E-state index contributed by atoms with van der Waals surface area (Å²) in [6.07, 6.45) is 0.0937. The lowest BCUT2D eigenvalue weighted by Gasteiger charge is -2.28. The Morgan fingerprint density at radius 2 is 2.04 bits per heavy atom. The van der Waals surface area contributed by atoms with Crippen LogP contribution >= 0.6 is 0 Å². The summed E-state index contributed by atoms with van der Waals surface area (Å²) < 4.78 is 29.8. The first-order valence-corrected chi connectivity index (χ1v) is 9.34. The molecular weight excluding hydrogens is 349 g/mol. The highest BCUT2D eigenvalue weighted by molar-refractivity contribution is 7.89. The van der Waals surface area contributed by atoms with Crippen LogP contribution in [0.5, 0.6) is 5.75 Å². The van der Waals surface area contributed by atoms with Gasteiger partial charge in [-0.1, -0.05) is 12.1 Å². The zero-order valence-corrected chi connectivity index (χ0v) is 14.8. The third-order valence-corrected chi connectivity index (χ3v) is 5.97. The van der Waals surface area contributed by atoms with Gasteiger partial charge >= 0.3 is 13.1 Å². The van der Waals surface area contributed by atoms with Crippen LogP contribution in [0.15, 0.2) is 18.2 Å². The van der Waals surface area contributed by atoms with Crippen molar-refractivity contribution < 1.29 is 32.8 Å². The Balaban J connectivity index is 2.04. The average Bonchev–Trinajstić information content (AvgIpc) is 2.53. The van der Waals surface area contributed by atoms with Gasteiger partial charge in [-0.3, -0.25) is 4.79 Å². The number of rotatable bonds is 7. The fraction of sp³-hybridized carbons (Fsp3) is 0.467. The topological polar surface area (TPSA) is 121 Å². The van der Waals surface area contributed by atoms with Crippen LogP contribution in [0.4, 0.5) is 0 Å². The van der Waals surface area contributed by atoms with Crippen molar-refractivity contribution in [1.29, 1.82) is 0 Å². The predicted octanol–water partition coefficient (Wildman–Crippen LogP) is 0.411. The molecule has 1 aliphatic heterocycles. The number of carbonyl (C=O) groups excluding carboxylic acids is 1. The minimum Gasteiger partial charge on any atom is -0.535 e. The predicted molar refractivity (Wildman–Crippen MR) is 91.2 cm³/mol. The lowest BCUT2D eigenvalue weighted by atomic mass is 9.64. The molecular formula is C15H20BNO7S. The van der Waals surface area contributed by atoms with E-state index in [9.17, 15) is 23.0 Å². The zero-order chi connectivity index (χ0) is 18.8. The van der Waals surface area contributed by atoms with Gasteiger partial charge in [-0.15, -0.1) is 0 Å². The number of fused-ring (bicyclic) bond motifs is 1. The quantitative estimate of drug-likeness (QED) is 0.668. The van der Waals surface area contributed by atoms with Gasteiger partial charge in [0.15, 0.2) is 0 Å². The molecule has 25 heavy (non-hydrogen) atoms. The summed E-state index contributed by atoms with van der Waals surface area (Å²) >= 11 is 0. The Kier molecular flexibility index (Phi) is 5.86. The number of carboxylic acid groups (broad SMARTS) is 1. The van der Waals surface area contributed by atoms with E-state index in [1.54, 1.807) is 12.1 Å². The maximum absolute atomic E-state index is 12.1. The number of benzene rings is 1. The molecule has 1 heterocycles. The van der Waals surface area contributed by atoms with E-state index in [0.29, 0.717) is 5.56 Å². The van der Waals surface area contributed by atoms with Crippen LogP contribution in [0, 0.1) is 0 Å². The van der Waals surface area contributed by atoms with Gasteiger partial charge in [0.05, 0.1) is 11.3 Å². The molecule has 2 N–H and O–H groups in total. The number of hydrogen-bond donors (Lipinski definition) is 2. The Bertz CT molecular complexity index is 778. The maximum atomic E-state index is 12.1. The standard InChI is InChI=1S/C15H20BNO7S/c1-17(2)25(22,23)7-6-12(18)9-11-8-10-4-3-5-13(15(19)20)14(10)24-16(11)21/h3-5,11,21H,6-9H2,1-2H3,(H,19,20)/t11-/m1/s1. The van der Waals surface area contributed by atoms with E-state index in [0.717, 1.165) is 4.31 Å². The molecule has 136 valence electrons.